The highest BCUT2D eigenvalue weighted by Gasteiger charge is 2.31. The molecule has 2 aliphatic rings. The smallest absolute Gasteiger partial charge is 0.220 e. The summed E-state index contributed by atoms with van der Waals surface area (Å²) < 4.78 is 0. The first kappa shape index (κ1) is 13.9. The summed E-state index contributed by atoms with van der Waals surface area (Å²) in [4.78, 5) is 11.3. The molecule has 0 bridgehead atoms. The zero-order valence-electron chi connectivity index (χ0n) is 11.8. The molecule has 2 aliphatic carbocycles. The highest BCUT2D eigenvalue weighted by Crippen LogP contribution is 2.31. The first-order valence-electron chi connectivity index (χ1n) is 7.63. The molecule has 5 atom stereocenters. The van der Waals surface area contributed by atoms with Crippen LogP contribution in [0, 0.1) is 17.8 Å². The van der Waals surface area contributed by atoms with E-state index in [4.69, 9.17) is 5.73 Å². The molecule has 2 saturated carbocycles. The van der Waals surface area contributed by atoms with Gasteiger partial charge >= 0.3 is 0 Å². The summed E-state index contributed by atoms with van der Waals surface area (Å²) >= 11 is 0. The molecule has 0 aromatic heterocycles. The minimum absolute atomic E-state index is 0.104. The van der Waals surface area contributed by atoms with Crippen LogP contribution in [0.4, 0.5) is 0 Å². The fourth-order valence-corrected chi connectivity index (χ4v) is 3.72. The van der Waals surface area contributed by atoms with Crippen molar-refractivity contribution in [3.05, 3.63) is 0 Å². The lowest BCUT2D eigenvalue weighted by Crippen LogP contribution is -2.48. The van der Waals surface area contributed by atoms with Crippen molar-refractivity contribution in [3.63, 3.8) is 0 Å². The molecule has 0 aromatic rings. The molecular weight excluding hydrogens is 224 g/mol. The normalized spacial score (nSPS) is 41.6. The fourth-order valence-electron chi connectivity index (χ4n) is 3.72. The monoisotopic (exact) mass is 252 g/mol. The molecule has 3 heteroatoms. The number of amides is 1. The van der Waals surface area contributed by atoms with Crippen molar-refractivity contribution in [2.45, 2.75) is 70.9 Å². The summed E-state index contributed by atoms with van der Waals surface area (Å²) in [5, 5.41) is 3.82. The SMILES string of the molecule is CC1CCCC(NC2CCCC(C(N)=O)C2)C1C. The second-order valence-electron chi connectivity index (χ2n) is 6.50. The van der Waals surface area contributed by atoms with Gasteiger partial charge in [0.1, 0.15) is 0 Å². The van der Waals surface area contributed by atoms with Crippen LogP contribution in [-0.2, 0) is 4.79 Å². The largest absolute Gasteiger partial charge is 0.369 e. The predicted octanol–water partition coefficient (Wildman–Crippen LogP) is 2.44. The third-order valence-corrected chi connectivity index (χ3v) is 5.23. The minimum Gasteiger partial charge on any atom is -0.369 e. The lowest BCUT2D eigenvalue weighted by Gasteiger charge is -2.39. The third kappa shape index (κ3) is 3.25. The van der Waals surface area contributed by atoms with Crippen molar-refractivity contribution >= 4 is 5.91 Å². The van der Waals surface area contributed by atoms with Crippen molar-refractivity contribution in [1.82, 2.24) is 5.32 Å². The summed E-state index contributed by atoms with van der Waals surface area (Å²) in [6.07, 6.45) is 8.30. The van der Waals surface area contributed by atoms with Gasteiger partial charge in [-0.15, -0.1) is 0 Å². The van der Waals surface area contributed by atoms with Gasteiger partial charge in [0.15, 0.2) is 0 Å². The van der Waals surface area contributed by atoms with Crippen molar-refractivity contribution in [3.8, 4) is 0 Å². The van der Waals surface area contributed by atoms with E-state index in [0.717, 1.165) is 31.1 Å². The second-order valence-corrected chi connectivity index (χ2v) is 6.50. The van der Waals surface area contributed by atoms with E-state index in [1.54, 1.807) is 0 Å². The van der Waals surface area contributed by atoms with E-state index < -0.39 is 0 Å². The van der Waals surface area contributed by atoms with Gasteiger partial charge in [-0.2, -0.15) is 0 Å². The van der Waals surface area contributed by atoms with Gasteiger partial charge in [0.05, 0.1) is 0 Å². The number of carbonyl (C=O) groups excluding carboxylic acids is 1. The van der Waals surface area contributed by atoms with E-state index in [-0.39, 0.29) is 11.8 Å². The first-order chi connectivity index (χ1) is 8.58. The van der Waals surface area contributed by atoms with Gasteiger partial charge in [-0.3, -0.25) is 4.79 Å². The third-order valence-electron chi connectivity index (χ3n) is 5.23. The molecule has 3 N–H and O–H groups in total. The maximum absolute atomic E-state index is 11.3. The van der Waals surface area contributed by atoms with Gasteiger partial charge in [0, 0.05) is 18.0 Å². The molecule has 0 heterocycles. The maximum Gasteiger partial charge on any atom is 0.220 e. The van der Waals surface area contributed by atoms with Crippen molar-refractivity contribution in [2.24, 2.45) is 23.5 Å². The van der Waals surface area contributed by atoms with Crippen molar-refractivity contribution < 1.29 is 4.79 Å². The average molecular weight is 252 g/mol. The number of nitrogens with two attached hydrogens (primary N) is 1. The number of nitrogens with one attached hydrogen (secondary N) is 1. The maximum atomic E-state index is 11.3. The van der Waals surface area contributed by atoms with Gasteiger partial charge < -0.3 is 11.1 Å². The Morgan fingerprint density at radius 1 is 1.11 bits per heavy atom. The van der Waals surface area contributed by atoms with Crippen LogP contribution in [0.1, 0.15) is 58.8 Å². The zero-order chi connectivity index (χ0) is 13.1. The number of primary amides is 1. The molecule has 0 spiro atoms. The molecule has 5 unspecified atom stereocenters. The molecule has 0 saturated heterocycles. The quantitative estimate of drug-likeness (QED) is 0.810. The lowest BCUT2D eigenvalue weighted by atomic mass is 9.77. The Balaban J connectivity index is 1.86. The number of rotatable bonds is 3. The van der Waals surface area contributed by atoms with Gasteiger partial charge in [-0.25, -0.2) is 0 Å². The van der Waals surface area contributed by atoms with Crippen LogP contribution >= 0.6 is 0 Å². The first-order valence-corrected chi connectivity index (χ1v) is 7.63. The summed E-state index contributed by atoms with van der Waals surface area (Å²) in [5.74, 6) is 1.58. The number of hydrogen-bond acceptors (Lipinski definition) is 2. The van der Waals surface area contributed by atoms with Crippen LogP contribution in [-0.4, -0.2) is 18.0 Å². The molecule has 1 amide bonds. The van der Waals surface area contributed by atoms with Crippen LogP contribution in [0.15, 0.2) is 0 Å². The molecular formula is C15H28N2O. The Morgan fingerprint density at radius 3 is 2.56 bits per heavy atom. The predicted molar refractivity (Wildman–Crippen MR) is 74.0 cm³/mol. The molecule has 0 aliphatic heterocycles. The van der Waals surface area contributed by atoms with Crippen LogP contribution in [0.25, 0.3) is 0 Å². The van der Waals surface area contributed by atoms with E-state index >= 15 is 0 Å². The molecule has 0 radical (unpaired) electrons. The Hall–Kier alpha value is -0.570. The standard InChI is InChI=1S/C15H28N2O/c1-10-5-3-8-14(11(10)2)17-13-7-4-6-12(9-13)15(16)18/h10-14,17H,3-9H2,1-2H3,(H2,16,18). The van der Waals surface area contributed by atoms with E-state index in [1.807, 2.05) is 0 Å². The number of carbonyl (C=O) groups is 1. The van der Waals surface area contributed by atoms with Gasteiger partial charge in [0.2, 0.25) is 5.91 Å². The van der Waals surface area contributed by atoms with Crippen LogP contribution in [0.5, 0.6) is 0 Å². The van der Waals surface area contributed by atoms with Crippen LogP contribution < -0.4 is 11.1 Å². The lowest BCUT2D eigenvalue weighted by molar-refractivity contribution is -0.123. The molecule has 0 aromatic carbocycles. The van der Waals surface area contributed by atoms with E-state index in [2.05, 4.69) is 19.2 Å². The van der Waals surface area contributed by atoms with Crippen LogP contribution in [0.3, 0.4) is 0 Å². The van der Waals surface area contributed by atoms with Crippen molar-refractivity contribution in [1.29, 1.82) is 0 Å². The average Bonchev–Trinajstić information content (AvgIpc) is 2.35. The molecule has 2 fully saturated rings. The summed E-state index contributed by atoms with van der Waals surface area (Å²) in [6.45, 7) is 4.74. The van der Waals surface area contributed by atoms with Gasteiger partial charge in [-0.1, -0.05) is 33.1 Å². The topological polar surface area (TPSA) is 55.1 Å². The highest BCUT2D eigenvalue weighted by atomic mass is 16.1. The van der Waals surface area contributed by atoms with E-state index in [0.29, 0.717) is 12.1 Å². The van der Waals surface area contributed by atoms with E-state index in [1.165, 1.54) is 25.7 Å². The summed E-state index contributed by atoms with van der Waals surface area (Å²) in [5.41, 5.74) is 5.45. The van der Waals surface area contributed by atoms with Gasteiger partial charge in [-0.05, 0) is 37.5 Å². The molecule has 2 rings (SSSR count). The van der Waals surface area contributed by atoms with Gasteiger partial charge in [0.25, 0.3) is 0 Å². The Bertz CT molecular complexity index is 292. The number of hydrogen-bond donors (Lipinski definition) is 2. The Kier molecular flexibility index (Phi) is 4.66. The van der Waals surface area contributed by atoms with Crippen LogP contribution in [0.2, 0.25) is 0 Å². The highest BCUT2D eigenvalue weighted by molar-refractivity contribution is 5.76. The fraction of sp³-hybridized carbons (Fsp3) is 0.933. The second kappa shape index (κ2) is 6.05. The summed E-state index contributed by atoms with van der Waals surface area (Å²) in [7, 11) is 0. The molecule has 18 heavy (non-hydrogen) atoms. The Morgan fingerprint density at radius 2 is 1.83 bits per heavy atom. The Labute approximate surface area is 111 Å². The van der Waals surface area contributed by atoms with E-state index in [9.17, 15) is 4.79 Å². The zero-order valence-corrected chi connectivity index (χ0v) is 11.8. The summed E-state index contributed by atoms with van der Waals surface area (Å²) in [6, 6.07) is 1.15. The molecule has 3 nitrogen and oxygen atoms in total. The van der Waals surface area contributed by atoms with Crippen molar-refractivity contribution in [2.75, 3.05) is 0 Å². The minimum atomic E-state index is -0.105. The molecule has 104 valence electrons.